The van der Waals surface area contributed by atoms with Gasteiger partial charge in [0.15, 0.2) is 5.06 Å². The van der Waals surface area contributed by atoms with Crippen LogP contribution in [0.5, 0.6) is 10.8 Å². The third-order valence-corrected chi connectivity index (χ3v) is 2.09. The summed E-state index contributed by atoms with van der Waals surface area (Å²) in [6, 6.07) is 14.5. The maximum Gasteiger partial charge on any atom is 0.181 e. The fourth-order valence-corrected chi connectivity index (χ4v) is 1.42. The van der Waals surface area contributed by atoms with E-state index in [1.54, 1.807) is 0 Å². The minimum atomic E-state index is 0.869. The third kappa shape index (κ3) is 1.66. The van der Waals surface area contributed by atoms with Crippen LogP contribution in [0.25, 0.3) is 0 Å². The average Bonchev–Trinajstić information content (AvgIpc) is 2.59. The van der Waals surface area contributed by atoms with Crippen LogP contribution in [0.15, 0.2) is 41.8 Å². The summed E-state index contributed by atoms with van der Waals surface area (Å²) >= 11 is 1.54. The fourth-order valence-electron chi connectivity index (χ4n) is 0.886. The first-order chi connectivity index (χ1) is 5.95. The molecule has 0 saturated carbocycles. The summed E-state index contributed by atoms with van der Waals surface area (Å²) in [6.45, 7) is 0. The van der Waals surface area contributed by atoms with Gasteiger partial charge in [-0.3, -0.25) is 0 Å². The smallest absolute Gasteiger partial charge is 0.181 e. The molecule has 0 bridgehead atoms. The SMILES string of the molecule is [c]1csc(Oc2ccccc2)c1. The molecule has 1 heterocycles. The first-order valence-electron chi connectivity index (χ1n) is 3.62. The zero-order valence-electron chi connectivity index (χ0n) is 6.36. The van der Waals surface area contributed by atoms with Crippen LogP contribution in [-0.2, 0) is 0 Å². The summed E-state index contributed by atoms with van der Waals surface area (Å²) in [5.41, 5.74) is 0. The van der Waals surface area contributed by atoms with Crippen molar-refractivity contribution in [1.82, 2.24) is 0 Å². The summed E-state index contributed by atoms with van der Waals surface area (Å²) in [5, 5.41) is 2.75. The monoisotopic (exact) mass is 175 g/mol. The lowest BCUT2D eigenvalue weighted by Gasteiger charge is -2.00. The molecule has 0 aliphatic rings. The first-order valence-corrected chi connectivity index (χ1v) is 4.50. The molecule has 0 N–H and O–H groups in total. The van der Waals surface area contributed by atoms with E-state index in [9.17, 15) is 0 Å². The minimum Gasteiger partial charge on any atom is -0.447 e. The summed E-state index contributed by atoms with van der Waals surface area (Å²) in [5.74, 6) is 0.869. The van der Waals surface area contributed by atoms with Crippen LogP contribution in [0.2, 0.25) is 0 Å². The Labute approximate surface area is 75.2 Å². The number of para-hydroxylation sites is 1. The Morgan fingerprint density at radius 2 is 2.00 bits per heavy atom. The molecule has 1 aromatic heterocycles. The molecule has 0 aliphatic carbocycles. The van der Waals surface area contributed by atoms with Gasteiger partial charge in [-0.25, -0.2) is 0 Å². The second-order valence-electron chi connectivity index (χ2n) is 2.28. The second-order valence-corrected chi connectivity index (χ2v) is 3.15. The highest BCUT2D eigenvalue weighted by Crippen LogP contribution is 2.24. The van der Waals surface area contributed by atoms with Gasteiger partial charge in [0.2, 0.25) is 0 Å². The molecule has 59 valence electrons. The van der Waals surface area contributed by atoms with Crippen molar-refractivity contribution in [2.75, 3.05) is 0 Å². The number of hydrogen-bond acceptors (Lipinski definition) is 2. The lowest BCUT2D eigenvalue weighted by Crippen LogP contribution is -1.77. The molecule has 0 unspecified atom stereocenters. The molecule has 0 aliphatic heterocycles. The average molecular weight is 175 g/mol. The minimum absolute atomic E-state index is 0.869. The Kier molecular flexibility index (Phi) is 2.10. The molecule has 2 rings (SSSR count). The van der Waals surface area contributed by atoms with Gasteiger partial charge < -0.3 is 4.74 Å². The van der Waals surface area contributed by atoms with Crippen LogP contribution >= 0.6 is 11.3 Å². The molecule has 12 heavy (non-hydrogen) atoms. The van der Waals surface area contributed by atoms with Gasteiger partial charge in [0, 0.05) is 11.4 Å². The van der Waals surface area contributed by atoms with E-state index in [-0.39, 0.29) is 0 Å². The van der Waals surface area contributed by atoms with E-state index >= 15 is 0 Å². The Hall–Kier alpha value is -1.28. The first kappa shape index (κ1) is 7.37. The van der Waals surface area contributed by atoms with Crippen molar-refractivity contribution in [3.8, 4) is 10.8 Å². The zero-order valence-corrected chi connectivity index (χ0v) is 7.17. The molecule has 2 aromatic rings. The number of rotatable bonds is 2. The highest BCUT2D eigenvalue weighted by molar-refractivity contribution is 7.11. The van der Waals surface area contributed by atoms with Crippen molar-refractivity contribution in [3.63, 3.8) is 0 Å². The zero-order chi connectivity index (χ0) is 8.23. The van der Waals surface area contributed by atoms with Crippen LogP contribution in [0.3, 0.4) is 0 Å². The van der Waals surface area contributed by atoms with Crippen LogP contribution < -0.4 is 4.74 Å². The van der Waals surface area contributed by atoms with Crippen LogP contribution in [0.4, 0.5) is 0 Å². The molecule has 1 radical (unpaired) electrons. The molecule has 0 amide bonds. The number of hydrogen-bond donors (Lipinski definition) is 0. The lowest BCUT2D eigenvalue weighted by atomic mass is 10.3. The van der Waals surface area contributed by atoms with Gasteiger partial charge in [0.05, 0.1) is 0 Å². The molecule has 0 fully saturated rings. The molecule has 0 spiro atoms. The van der Waals surface area contributed by atoms with E-state index in [2.05, 4.69) is 6.07 Å². The normalized spacial score (nSPS) is 9.67. The maximum absolute atomic E-state index is 5.51. The molecular formula is C10H7OS. The highest BCUT2D eigenvalue weighted by atomic mass is 32.1. The van der Waals surface area contributed by atoms with Crippen molar-refractivity contribution in [2.24, 2.45) is 0 Å². The second kappa shape index (κ2) is 3.41. The van der Waals surface area contributed by atoms with E-state index in [0.717, 1.165) is 10.8 Å². The summed E-state index contributed by atoms with van der Waals surface area (Å²) < 4.78 is 5.51. The fraction of sp³-hybridized carbons (Fsp3) is 0. The van der Waals surface area contributed by atoms with E-state index in [4.69, 9.17) is 4.74 Å². The summed E-state index contributed by atoms with van der Waals surface area (Å²) in [4.78, 5) is 0. The Morgan fingerprint density at radius 3 is 2.67 bits per heavy atom. The van der Waals surface area contributed by atoms with Gasteiger partial charge in [0.1, 0.15) is 5.75 Å². The van der Waals surface area contributed by atoms with Crippen molar-refractivity contribution in [1.29, 1.82) is 0 Å². The van der Waals surface area contributed by atoms with E-state index in [0.29, 0.717) is 0 Å². The molecule has 1 nitrogen and oxygen atoms in total. The van der Waals surface area contributed by atoms with Gasteiger partial charge in [-0.2, -0.15) is 0 Å². The Balaban J connectivity index is 2.15. The summed E-state index contributed by atoms with van der Waals surface area (Å²) in [6.07, 6.45) is 0. The molecule has 0 atom stereocenters. The van der Waals surface area contributed by atoms with Crippen LogP contribution in [0, 0.1) is 6.07 Å². The van der Waals surface area contributed by atoms with Gasteiger partial charge in [-0.1, -0.05) is 18.2 Å². The van der Waals surface area contributed by atoms with Crippen LogP contribution in [-0.4, -0.2) is 0 Å². The quantitative estimate of drug-likeness (QED) is 0.680. The third-order valence-electron chi connectivity index (χ3n) is 1.41. The standard InChI is InChI=1S/C10H7OS/c1-2-5-9(6-3-1)11-10-7-4-8-12-10/h1-3,5-8H. The topological polar surface area (TPSA) is 9.23 Å². The highest BCUT2D eigenvalue weighted by Gasteiger charge is 1.94. The van der Waals surface area contributed by atoms with Crippen molar-refractivity contribution in [2.45, 2.75) is 0 Å². The van der Waals surface area contributed by atoms with Crippen molar-refractivity contribution in [3.05, 3.63) is 47.8 Å². The molecule has 1 aromatic carbocycles. The number of ether oxygens (including phenoxy) is 1. The predicted octanol–water partition coefficient (Wildman–Crippen LogP) is 3.34. The molecule has 2 heteroatoms. The Bertz CT molecular complexity index is 326. The predicted molar refractivity (Wildman–Crippen MR) is 49.7 cm³/mol. The molecular weight excluding hydrogens is 168 g/mol. The van der Waals surface area contributed by atoms with E-state index in [1.165, 1.54) is 11.3 Å². The van der Waals surface area contributed by atoms with E-state index in [1.807, 2.05) is 41.8 Å². The lowest BCUT2D eigenvalue weighted by molar-refractivity contribution is 0.496. The van der Waals surface area contributed by atoms with E-state index < -0.39 is 0 Å². The van der Waals surface area contributed by atoms with Gasteiger partial charge in [0.25, 0.3) is 0 Å². The van der Waals surface area contributed by atoms with Gasteiger partial charge in [-0.15, -0.1) is 11.3 Å². The van der Waals surface area contributed by atoms with Crippen molar-refractivity contribution < 1.29 is 4.74 Å². The maximum atomic E-state index is 5.51. The molecule has 0 saturated heterocycles. The van der Waals surface area contributed by atoms with Gasteiger partial charge in [-0.05, 0) is 18.2 Å². The summed E-state index contributed by atoms with van der Waals surface area (Å²) in [7, 11) is 0. The number of thiophene rings is 1. The van der Waals surface area contributed by atoms with Crippen molar-refractivity contribution >= 4 is 11.3 Å². The van der Waals surface area contributed by atoms with Crippen LogP contribution in [0.1, 0.15) is 0 Å². The largest absolute Gasteiger partial charge is 0.447 e. The number of benzene rings is 1. The van der Waals surface area contributed by atoms with Gasteiger partial charge >= 0.3 is 0 Å². The Morgan fingerprint density at radius 1 is 1.17 bits per heavy atom.